The largest absolute Gasteiger partial charge is 0.459 e. The van der Waals surface area contributed by atoms with Crippen molar-refractivity contribution in [3.05, 3.63) is 35.9 Å². The minimum absolute atomic E-state index is 0.250. The molecule has 2 aliphatic heterocycles. The van der Waals surface area contributed by atoms with Gasteiger partial charge < -0.3 is 48.5 Å². The van der Waals surface area contributed by atoms with E-state index in [4.69, 9.17) is 33.2 Å². The Balaban J connectivity index is 1.74. The van der Waals surface area contributed by atoms with E-state index in [9.17, 15) is 34.5 Å². The SMILES string of the molecule is CC(=O)O[C@H]1[C@H](OC(C)=O)[C@H](O[C@@H]2[C@@H](O)[C@@H](O)[C@@H](COC(=O)c3ccccc3)O[C@@H]2O)O[C@@H](C)[C@H]1OC(C)=O. The normalized spacial score (nSPS) is 34.4. The Kier molecular flexibility index (Phi) is 10.4. The highest BCUT2D eigenvalue weighted by Gasteiger charge is 2.54. The summed E-state index contributed by atoms with van der Waals surface area (Å²) in [4.78, 5) is 47.5. The van der Waals surface area contributed by atoms with Crippen molar-refractivity contribution in [3.8, 4) is 0 Å². The number of esters is 4. The minimum atomic E-state index is -1.86. The van der Waals surface area contributed by atoms with Gasteiger partial charge in [0.1, 0.15) is 31.0 Å². The second kappa shape index (κ2) is 13.3. The monoisotopic (exact) mass is 556 g/mol. The van der Waals surface area contributed by atoms with E-state index >= 15 is 0 Å². The summed E-state index contributed by atoms with van der Waals surface area (Å²) < 4.78 is 37.7. The van der Waals surface area contributed by atoms with E-state index in [1.54, 1.807) is 18.2 Å². The summed E-state index contributed by atoms with van der Waals surface area (Å²) in [6.07, 6.45) is -14.9. The van der Waals surface area contributed by atoms with Gasteiger partial charge in [0.2, 0.25) is 0 Å². The topological polar surface area (TPSA) is 194 Å². The van der Waals surface area contributed by atoms with Gasteiger partial charge in [0, 0.05) is 20.8 Å². The van der Waals surface area contributed by atoms with Crippen LogP contribution in [0.5, 0.6) is 0 Å². The van der Waals surface area contributed by atoms with Crippen molar-refractivity contribution in [1.29, 1.82) is 0 Å². The number of rotatable bonds is 8. The molecule has 3 rings (SSSR count). The van der Waals surface area contributed by atoms with Gasteiger partial charge in [-0.05, 0) is 19.1 Å². The van der Waals surface area contributed by atoms with Crippen molar-refractivity contribution in [1.82, 2.24) is 0 Å². The third-order valence-corrected chi connectivity index (χ3v) is 5.98. The number of benzene rings is 1. The Hall–Kier alpha value is -3.14. The van der Waals surface area contributed by atoms with Gasteiger partial charge in [0.15, 0.2) is 30.9 Å². The molecular weight excluding hydrogens is 524 g/mol. The first-order chi connectivity index (χ1) is 18.4. The molecule has 0 saturated carbocycles. The third kappa shape index (κ3) is 7.71. The molecule has 0 amide bonds. The van der Waals surface area contributed by atoms with Crippen molar-refractivity contribution in [2.45, 2.75) is 89.1 Å². The standard InChI is InChI=1S/C25H32O14/c1-11-19(35-12(2)26)21(36-13(3)27)22(37-14(4)28)25(34-11)39-20-18(30)17(29)16(38-24(20)32)10-33-23(31)15-8-6-5-7-9-15/h5-9,11,16-22,24-25,29-30,32H,10H2,1-4H3/t11-,16+,17-,18-,19+,20+,21+,22-,24-,25-/m0/s1. The van der Waals surface area contributed by atoms with Crippen LogP contribution in [-0.2, 0) is 47.5 Å². The Morgan fingerprint density at radius 3 is 1.92 bits per heavy atom. The first kappa shape index (κ1) is 30.4. The van der Waals surface area contributed by atoms with Gasteiger partial charge in [0.25, 0.3) is 0 Å². The maximum atomic E-state index is 12.2. The predicted octanol–water partition coefficient (Wildman–Crippen LogP) is -0.792. The molecule has 14 nitrogen and oxygen atoms in total. The Labute approximate surface area is 223 Å². The van der Waals surface area contributed by atoms with Crippen LogP contribution >= 0.6 is 0 Å². The van der Waals surface area contributed by atoms with Crippen LogP contribution in [-0.4, -0.2) is 107 Å². The van der Waals surface area contributed by atoms with Crippen LogP contribution in [0.2, 0.25) is 0 Å². The molecule has 216 valence electrons. The van der Waals surface area contributed by atoms with Gasteiger partial charge >= 0.3 is 23.9 Å². The Bertz CT molecular complexity index is 1020. The zero-order chi connectivity index (χ0) is 28.9. The highest BCUT2D eigenvalue weighted by Crippen LogP contribution is 2.32. The van der Waals surface area contributed by atoms with Gasteiger partial charge in [-0.2, -0.15) is 0 Å². The number of carbonyl (C=O) groups is 4. The molecule has 2 aliphatic rings. The molecule has 1 aromatic rings. The summed E-state index contributed by atoms with van der Waals surface area (Å²) in [6, 6.07) is 8.03. The van der Waals surface area contributed by atoms with Crippen LogP contribution in [0.4, 0.5) is 0 Å². The highest BCUT2D eigenvalue weighted by atomic mass is 16.8. The van der Waals surface area contributed by atoms with E-state index < -0.39 is 91.9 Å². The van der Waals surface area contributed by atoms with Gasteiger partial charge in [-0.15, -0.1) is 0 Å². The predicted molar refractivity (Wildman–Crippen MR) is 125 cm³/mol. The first-order valence-corrected chi connectivity index (χ1v) is 12.1. The summed E-state index contributed by atoms with van der Waals surface area (Å²) in [5.74, 6) is -3.04. The fourth-order valence-corrected chi connectivity index (χ4v) is 4.26. The summed E-state index contributed by atoms with van der Waals surface area (Å²) in [6.45, 7) is 4.26. The zero-order valence-corrected chi connectivity index (χ0v) is 21.7. The van der Waals surface area contributed by atoms with Gasteiger partial charge in [-0.25, -0.2) is 4.79 Å². The van der Waals surface area contributed by atoms with Crippen molar-refractivity contribution in [2.75, 3.05) is 6.61 Å². The van der Waals surface area contributed by atoms with E-state index in [0.717, 1.165) is 20.8 Å². The van der Waals surface area contributed by atoms with Crippen molar-refractivity contribution in [3.63, 3.8) is 0 Å². The summed E-state index contributed by atoms with van der Waals surface area (Å²) >= 11 is 0. The van der Waals surface area contributed by atoms with E-state index in [1.165, 1.54) is 19.1 Å². The highest BCUT2D eigenvalue weighted by molar-refractivity contribution is 5.89. The van der Waals surface area contributed by atoms with Crippen LogP contribution in [0.15, 0.2) is 30.3 Å². The lowest BCUT2D eigenvalue weighted by atomic mass is 9.97. The van der Waals surface area contributed by atoms with Crippen molar-refractivity contribution >= 4 is 23.9 Å². The number of ether oxygens (including phenoxy) is 7. The van der Waals surface area contributed by atoms with Gasteiger partial charge in [0.05, 0.1) is 11.7 Å². The molecule has 2 saturated heterocycles. The average Bonchev–Trinajstić information content (AvgIpc) is 2.87. The summed E-state index contributed by atoms with van der Waals surface area (Å²) in [5, 5.41) is 31.9. The molecule has 2 fully saturated rings. The number of aliphatic hydroxyl groups excluding tert-OH is 3. The number of aliphatic hydroxyl groups is 3. The number of hydrogen-bond acceptors (Lipinski definition) is 14. The third-order valence-electron chi connectivity index (χ3n) is 5.98. The molecule has 0 aromatic heterocycles. The van der Waals surface area contributed by atoms with E-state index in [1.807, 2.05) is 0 Å². The molecule has 1 aromatic carbocycles. The maximum absolute atomic E-state index is 12.2. The lowest BCUT2D eigenvalue weighted by Gasteiger charge is -2.46. The van der Waals surface area contributed by atoms with Crippen molar-refractivity contribution in [2.24, 2.45) is 0 Å². The molecule has 3 N–H and O–H groups in total. The van der Waals surface area contributed by atoms with Crippen molar-refractivity contribution < 1.29 is 67.7 Å². The number of carbonyl (C=O) groups excluding carboxylic acids is 4. The molecule has 39 heavy (non-hydrogen) atoms. The molecule has 0 spiro atoms. The molecule has 0 unspecified atom stereocenters. The second-order valence-corrected chi connectivity index (χ2v) is 9.04. The number of hydrogen-bond donors (Lipinski definition) is 3. The molecular formula is C25H32O14. The summed E-state index contributed by atoms with van der Waals surface area (Å²) in [5.41, 5.74) is 0.250. The quantitative estimate of drug-likeness (QED) is 0.266. The van der Waals surface area contributed by atoms with Gasteiger partial charge in [-0.3, -0.25) is 14.4 Å². The Morgan fingerprint density at radius 1 is 0.769 bits per heavy atom. The van der Waals surface area contributed by atoms with Crippen LogP contribution in [0.3, 0.4) is 0 Å². The molecule has 0 bridgehead atoms. The van der Waals surface area contributed by atoms with Crippen LogP contribution < -0.4 is 0 Å². The first-order valence-electron chi connectivity index (χ1n) is 12.1. The molecule has 0 aliphatic carbocycles. The zero-order valence-electron chi connectivity index (χ0n) is 21.7. The van der Waals surface area contributed by atoms with E-state index in [2.05, 4.69) is 0 Å². The smallest absolute Gasteiger partial charge is 0.338 e. The fraction of sp³-hybridized carbons (Fsp3) is 0.600. The molecule has 14 heteroatoms. The van der Waals surface area contributed by atoms with Crippen LogP contribution in [0.25, 0.3) is 0 Å². The lowest BCUT2D eigenvalue weighted by molar-refractivity contribution is -0.359. The molecule has 2 heterocycles. The van der Waals surface area contributed by atoms with E-state index in [-0.39, 0.29) is 5.56 Å². The lowest BCUT2D eigenvalue weighted by Crippen LogP contribution is -2.65. The minimum Gasteiger partial charge on any atom is -0.459 e. The van der Waals surface area contributed by atoms with Crippen LogP contribution in [0.1, 0.15) is 38.1 Å². The average molecular weight is 557 g/mol. The Morgan fingerprint density at radius 2 is 1.33 bits per heavy atom. The van der Waals surface area contributed by atoms with Gasteiger partial charge in [-0.1, -0.05) is 18.2 Å². The second-order valence-electron chi connectivity index (χ2n) is 9.04. The summed E-state index contributed by atoms with van der Waals surface area (Å²) in [7, 11) is 0. The van der Waals surface area contributed by atoms with Crippen LogP contribution in [0, 0.1) is 0 Å². The molecule has 10 atom stereocenters. The van der Waals surface area contributed by atoms with E-state index in [0.29, 0.717) is 0 Å². The maximum Gasteiger partial charge on any atom is 0.338 e. The fourth-order valence-electron chi connectivity index (χ4n) is 4.26. The molecule has 0 radical (unpaired) electrons.